The zero-order chi connectivity index (χ0) is 51.1. The fraction of sp³-hybridized carbons (Fsp3) is 0.473. The average molecular weight is 1010 g/mol. The molecule has 17 heteroatoms. The van der Waals surface area contributed by atoms with E-state index in [0.717, 1.165) is 73.8 Å². The summed E-state index contributed by atoms with van der Waals surface area (Å²) >= 11 is 1.27. The highest BCUT2D eigenvalue weighted by Crippen LogP contribution is 2.37. The van der Waals surface area contributed by atoms with Crippen LogP contribution in [0.2, 0.25) is 0 Å². The molecule has 0 amide bonds. The van der Waals surface area contributed by atoms with E-state index in [2.05, 4.69) is 18.1 Å². The van der Waals surface area contributed by atoms with Crippen molar-refractivity contribution in [1.82, 2.24) is 4.98 Å². The molecule has 16 nitrogen and oxygen atoms in total. The molecule has 3 aromatic carbocycles. The molecule has 2 saturated carbocycles. The van der Waals surface area contributed by atoms with E-state index in [9.17, 15) is 28.8 Å². The van der Waals surface area contributed by atoms with Crippen molar-refractivity contribution in [3.63, 3.8) is 0 Å². The fourth-order valence-corrected chi connectivity index (χ4v) is 9.49. The molecule has 72 heavy (non-hydrogen) atoms. The molecule has 1 aromatic heterocycles. The van der Waals surface area contributed by atoms with E-state index in [1.807, 2.05) is 6.07 Å². The molecule has 0 radical (unpaired) electrons. The number of hydrogen-bond donors (Lipinski definition) is 1. The normalized spacial score (nSPS) is 17.4. The number of carbonyl (C=O) groups excluding carboxylic acids is 6. The van der Waals surface area contributed by atoms with Gasteiger partial charge in [0.1, 0.15) is 28.5 Å². The van der Waals surface area contributed by atoms with Crippen LogP contribution in [0, 0.1) is 23.7 Å². The van der Waals surface area contributed by atoms with Gasteiger partial charge in [-0.1, -0.05) is 30.6 Å². The van der Waals surface area contributed by atoms with Gasteiger partial charge in [-0.15, -0.1) is 0 Å². The van der Waals surface area contributed by atoms with E-state index in [0.29, 0.717) is 124 Å². The first-order valence-electron chi connectivity index (χ1n) is 25.0. The van der Waals surface area contributed by atoms with Crippen LogP contribution in [0.15, 0.2) is 86.0 Å². The van der Waals surface area contributed by atoms with Crippen molar-refractivity contribution in [3.05, 3.63) is 91.5 Å². The zero-order valence-corrected chi connectivity index (χ0v) is 41.7. The Bertz CT molecular complexity index is 2440. The number of anilines is 1. The van der Waals surface area contributed by atoms with Crippen molar-refractivity contribution in [1.29, 1.82) is 0 Å². The first kappa shape index (κ1) is 54.6. The van der Waals surface area contributed by atoms with Gasteiger partial charge in [-0.3, -0.25) is 19.2 Å². The van der Waals surface area contributed by atoms with Gasteiger partial charge in [0.25, 0.3) is 0 Å². The summed E-state index contributed by atoms with van der Waals surface area (Å²) in [5.74, 6) is -1.06. The maximum absolute atomic E-state index is 13.4. The number of aromatic nitrogens is 1. The quantitative estimate of drug-likeness (QED) is 0.0184. The summed E-state index contributed by atoms with van der Waals surface area (Å²) < 4.78 is 45.2. The highest BCUT2D eigenvalue weighted by atomic mass is 32.1. The second-order valence-corrected chi connectivity index (χ2v) is 19.0. The van der Waals surface area contributed by atoms with Crippen LogP contribution in [0.5, 0.6) is 28.7 Å². The van der Waals surface area contributed by atoms with Gasteiger partial charge < -0.3 is 43.6 Å². The molecule has 4 aromatic rings. The molecule has 2 aliphatic rings. The number of nitrogens with zero attached hydrogens (tertiary/aromatic N) is 1. The minimum atomic E-state index is -0.410. The van der Waals surface area contributed by atoms with Crippen molar-refractivity contribution >= 4 is 62.5 Å². The van der Waals surface area contributed by atoms with Crippen LogP contribution in [0.25, 0.3) is 10.2 Å². The van der Waals surface area contributed by atoms with Crippen LogP contribution in [-0.4, -0.2) is 73.8 Å². The Morgan fingerprint density at radius 3 is 1.35 bits per heavy atom. The molecule has 0 atom stereocenters. The Morgan fingerprint density at radius 1 is 0.500 bits per heavy atom. The molecule has 2 aliphatic carbocycles. The first-order valence-corrected chi connectivity index (χ1v) is 25.8. The van der Waals surface area contributed by atoms with Crippen molar-refractivity contribution in [2.24, 2.45) is 23.7 Å². The van der Waals surface area contributed by atoms with Gasteiger partial charge in [0, 0.05) is 18.6 Å². The van der Waals surface area contributed by atoms with E-state index in [1.165, 1.54) is 11.3 Å². The van der Waals surface area contributed by atoms with Crippen molar-refractivity contribution < 1.29 is 66.7 Å². The Hall–Kier alpha value is -6.75. The lowest BCUT2D eigenvalue weighted by atomic mass is 9.82. The second kappa shape index (κ2) is 28.9. The minimum Gasteiger partial charge on any atom is -0.494 e. The number of nitrogen functional groups attached to an aromatic ring is 1. The topological polar surface area (TPSA) is 215 Å². The van der Waals surface area contributed by atoms with Gasteiger partial charge in [0.2, 0.25) is 0 Å². The molecule has 0 bridgehead atoms. The fourth-order valence-electron chi connectivity index (χ4n) is 8.60. The van der Waals surface area contributed by atoms with Crippen molar-refractivity contribution in [3.8, 4) is 28.7 Å². The van der Waals surface area contributed by atoms with Gasteiger partial charge in [-0.25, -0.2) is 14.6 Å². The van der Waals surface area contributed by atoms with Gasteiger partial charge in [-0.05, 0) is 163 Å². The average Bonchev–Trinajstić information content (AvgIpc) is 3.81. The number of rotatable bonds is 28. The smallest absolute Gasteiger partial charge is 0.330 e. The van der Waals surface area contributed by atoms with E-state index in [1.54, 1.807) is 54.6 Å². The Morgan fingerprint density at radius 2 is 0.903 bits per heavy atom. The standard InChI is InChI=1S/C55H66N2O14S/c1-3-47(58)66-34-11-7-5-9-32-64-42-22-26-44(27-23-42)69-52(61)39-15-13-38(14-16-39)51(60)68-36-31-37-21-30-46(49-50(37)72-55(56)57-49)71-54(63)41-19-17-40(18-20-41)53(62)70-45-28-24-43(25-29-45)65-33-10-6-8-12-35-67-48(59)4-2/h3-4,21-30,38-41H,1-2,5-20,31-36H2,(H2,56,57). The lowest BCUT2D eigenvalue weighted by Gasteiger charge is -2.26. The van der Waals surface area contributed by atoms with Crippen molar-refractivity contribution in [2.45, 2.75) is 109 Å². The highest BCUT2D eigenvalue weighted by molar-refractivity contribution is 7.22. The molecule has 6 rings (SSSR count). The molecule has 386 valence electrons. The molecule has 0 saturated heterocycles. The van der Waals surface area contributed by atoms with Gasteiger partial charge >= 0.3 is 35.8 Å². The van der Waals surface area contributed by atoms with Crippen LogP contribution in [0.1, 0.15) is 108 Å². The third-order valence-corrected chi connectivity index (χ3v) is 13.7. The van der Waals surface area contributed by atoms with E-state index >= 15 is 0 Å². The van der Waals surface area contributed by atoms with Crippen LogP contribution in [-0.2, 0) is 49.4 Å². The predicted octanol–water partition coefficient (Wildman–Crippen LogP) is 10.0. The molecule has 2 N–H and O–H groups in total. The molecule has 2 fully saturated rings. The summed E-state index contributed by atoms with van der Waals surface area (Å²) in [6, 6.07) is 17.4. The molecule has 0 spiro atoms. The van der Waals surface area contributed by atoms with Crippen molar-refractivity contribution in [2.75, 3.05) is 38.8 Å². The SMILES string of the molecule is C=CC(=O)OCCCCCCOc1ccc(OC(=O)C2CCC(C(=O)OCCc3ccc(OC(=O)C4CCC(C(=O)Oc5ccc(OCCCCCCOC(=O)C=C)cc5)CC4)c4nc(N)sc34)CC2)cc1. The maximum Gasteiger partial charge on any atom is 0.330 e. The highest BCUT2D eigenvalue weighted by Gasteiger charge is 2.34. The summed E-state index contributed by atoms with van der Waals surface area (Å²) in [5.41, 5.74) is 7.44. The summed E-state index contributed by atoms with van der Waals surface area (Å²) in [4.78, 5) is 79.2. The molecule has 1 heterocycles. The zero-order valence-electron chi connectivity index (χ0n) is 40.9. The minimum absolute atomic E-state index is 0.133. The molecular weight excluding hydrogens is 945 g/mol. The number of nitrogens with two attached hydrogens (primary N) is 1. The van der Waals surface area contributed by atoms with Crippen LogP contribution in [0.4, 0.5) is 5.13 Å². The summed E-state index contributed by atoms with van der Waals surface area (Å²) in [6.45, 7) is 8.73. The number of esters is 6. The van der Waals surface area contributed by atoms with E-state index in [4.69, 9.17) is 43.6 Å². The number of thiazole rings is 1. The monoisotopic (exact) mass is 1010 g/mol. The lowest BCUT2D eigenvalue weighted by Crippen LogP contribution is -2.30. The van der Waals surface area contributed by atoms with Gasteiger partial charge in [0.05, 0.1) is 61.4 Å². The lowest BCUT2D eigenvalue weighted by molar-refractivity contribution is -0.152. The second-order valence-electron chi connectivity index (χ2n) is 17.9. The number of benzene rings is 3. The number of carbonyl (C=O) groups is 6. The number of hydrogen-bond acceptors (Lipinski definition) is 17. The molecule has 0 unspecified atom stereocenters. The summed E-state index contributed by atoms with van der Waals surface area (Å²) in [7, 11) is 0. The number of ether oxygens (including phenoxy) is 8. The van der Waals surface area contributed by atoms with Crippen LogP contribution in [0.3, 0.4) is 0 Å². The van der Waals surface area contributed by atoms with Crippen LogP contribution < -0.4 is 29.4 Å². The number of unbranched alkanes of at least 4 members (excludes halogenated alkanes) is 6. The Balaban J connectivity index is 0.846. The maximum atomic E-state index is 13.4. The molecular formula is C55H66N2O14S. The van der Waals surface area contributed by atoms with E-state index < -0.39 is 23.8 Å². The third-order valence-electron chi connectivity index (χ3n) is 12.7. The van der Waals surface area contributed by atoms with Gasteiger partial charge in [0.15, 0.2) is 10.9 Å². The van der Waals surface area contributed by atoms with Gasteiger partial charge in [-0.2, -0.15) is 0 Å². The predicted molar refractivity (Wildman–Crippen MR) is 270 cm³/mol. The molecule has 0 aliphatic heterocycles. The summed E-state index contributed by atoms with van der Waals surface area (Å²) in [5, 5.41) is 0.310. The largest absolute Gasteiger partial charge is 0.494 e. The Labute approximate surface area is 424 Å². The van der Waals surface area contributed by atoms with Crippen LogP contribution >= 0.6 is 11.3 Å². The summed E-state index contributed by atoms with van der Waals surface area (Å²) in [6.07, 6.45) is 13.7. The number of fused-ring (bicyclic) bond motifs is 1. The Kier molecular flexibility index (Phi) is 21.9. The third kappa shape index (κ3) is 17.5. The van der Waals surface area contributed by atoms with E-state index in [-0.39, 0.29) is 42.3 Å². The first-order chi connectivity index (χ1) is 35.0.